The van der Waals surface area contributed by atoms with Crippen molar-refractivity contribution in [2.24, 2.45) is 5.92 Å². The van der Waals surface area contributed by atoms with Gasteiger partial charge in [0, 0.05) is 13.1 Å². The molecule has 1 aromatic heterocycles. The van der Waals surface area contributed by atoms with Gasteiger partial charge in [-0.25, -0.2) is 0 Å². The third-order valence-electron chi connectivity index (χ3n) is 3.06. The lowest BCUT2D eigenvalue weighted by atomic mass is 9.97. The zero-order valence-electron chi connectivity index (χ0n) is 9.64. The quantitative estimate of drug-likeness (QED) is 0.645. The van der Waals surface area contributed by atoms with E-state index >= 15 is 0 Å². The number of hydrogen-bond donors (Lipinski definition) is 0. The number of nitrogens with zero attached hydrogens (tertiary/aromatic N) is 1. The molecule has 0 aliphatic carbocycles. The van der Waals surface area contributed by atoms with Crippen molar-refractivity contribution in [2.75, 3.05) is 13.1 Å². The van der Waals surface area contributed by atoms with Gasteiger partial charge in [0.1, 0.15) is 0 Å². The van der Waals surface area contributed by atoms with E-state index in [2.05, 4.69) is 31.9 Å². The molecule has 1 atom stereocenters. The van der Waals surface area contributed by atoms with Gasteiger partial charge in [-0.15, -0.1) is 11.3 Å². The summed E-state index contributed by atoms with van der Waals surface area (Å²) in [5, 5.41) is 0. The highest BCUT2D eigenvalue weighted by Gasteiger charge is 2.42. The highest BCUT2D eigenvalue weighted by atomic mass is 79.9. The summed E-state index contributed by atoms with van der Waals surface area (Å²) in [5.41, 5.74) is 0.416. The van der Waals surface area contributed by atoms with E-state index in [1.807, 2.05) is 0 Å². The van der Waals surface area contributed by atoms with Gasteiger partial charge in [0.2, 0.25) is 0 Å². The van der Waals surface area contributed by atoms with Crippen molar-refractivity contribution >= 4 is 49.1 Å². The summed E-state index contributed by atoms with van der Waals surface area (Å²) >= 11 is 7.85. The second-order valence-electron chi connectivity index (χ2n) is 4.37. The Balaban J connectivity index is 2.14. The fourth-order valence-electron chi connectivity index (χ4n) is 2.09. The van der Waals surface area contributed by atoms with Crippen LogP contribution in [0.25, 0.3) is 0 Å². The van der Waals surface area contributed by atoms with Crippen LogP contribution in [0.15, 0.2) is 13.6 Å². The summed E-state index contributed by atoms with van der Waals surface area (Å²) in [6.45, 7) is 0.132. The molecular formula is C11H10Br2F3NOS. The van der Waals surface area contributed by atoms with E-state index in [-0.39, 0.29) is 18.9 Å². The number of thiophene rings is 1. The van der Waals surface area contributed by atoms with Crippen molar-refractivity contribution in [3.8, 4) is 0 Å². The van der Waals surface area contributed by atoms with E-state index in [4.69, 9.17) is 0 Å². The molecule has 1 saturated heterocycles. The van der Waals surface area contributed by atoms with Crippen molar-refractivity contribution in [2.45, 2.75) is 19.0 Å². The molecule has 0 spiro atoms. The Hall–Kier alpha value is -0.0800. The molecule has 2 heterocycles. The van der Waals surface area contributed by atoms with Crippen molar-refractivity contribution in [3.05, 3.63) is 19.2 Å². The molecule has 0 saturated carbocycles. The number of amides is 1. The fraction of sp³-hybridized carbons (Fsp3) is 0.545. The first kappa shape index (κ1) is 15.3. The summed E-state index contributed by atoms with van der Waals surface area (Å²) in [5.74, 6) is -1.76. The lowest BCUT2D eigenvalue weighted by Gasteiger charge is -2.33. The van der Waals surface area contributed by atoms with Crippen LogP contribution >= 0.6 is 43.2 Å². The van der Waals surface area contributed by atoms with Crippen LogP contribution in [0, 0.1) is 5.92 Å². The van der Waals surface area contributed by atoms with Crippen molar-refractivity contribution in [3.63, 3.8) is 0 Å². The Morgan fingerprint density at radius 2 is 2.11 bits per heavy atom. The Kier molecular flexibility index (Phi) is 4.62. The molecule has 1 amide bonds. The molecule has 2 nitrogen and oxygen atoms in total. The van der Waals surface area contributed by atoms with Crippen LogP contribution in [0.4, 0.5) is 13.2 Å². The summed E-state index contributed by atoms with van der Waals surface area (Å²) in [4.78, 5) is 13.5. The maximum atomic E-state index is 12.7. The van der Waals surface area contributed by atoms with Crippen LogP contribution in [0.1, 0.15) is 23.2 Å². The van der Waals surface area contributed by atoms with E-state index in [1.165, 1.54) is 16.2 Å². The molecule has 1 fully saturated rings. The topological polar surface area (TPSA) is 20.3 Å². The Bertz CT molecular complexity index is 489. The highest BCUT2D eigenvalue weighted by molar-refractivity contribution is 9.12. The van der Waals surface area contributed by atoms with Crippen LogP contribution in [-0.4, -0.2) is 30.1 Å². The van der Waals surface area contributed by atoms with E-state index in [0.29, 0.717) is 22.3 Å². The Labute approximate surface area is 129 Å². The van der Waals surface area contributed by atoms with Crippen LogP contribution in [0.5, 0.6) is 0 Å². The molecule has 0 bridgehead atoms. The zero-order valence-corrected chi connectivity index (χ0v) is 13.6. The molecule has 1 aliphatic heterocycles. The minimum absolute atomic E-state index is 0.0990. The van der Waals surface area contributed by atoms with Gasteiger partial charge < -0.3 is 4.90 Å². The summed E-state index contributed by atoms with van der Waals surface area (Å²) in [7, 11) is 0. The van der Waals surface area contributed by atoms with Gasteiger partial charge in [0.05, 0.1) is 19.1 Å². The van der Waals surface area contributed by atoms with Crippen LogP contribution in [0.2, 0.25) is 0 Å². The summed E-state index contributed by atoms with van der Waals surface area (Å²) in [6.07, 6.45) is -3.74. The van der Waals surface area contributed by atoms with Gasteiger partial charge in [0.15, 0.2) is 0 Å². The van der Waals surface area contributed by atoms with E-state index in [1.54, 1.807) is 6.07 Å². The molecule has 0 aromatic carbocycles. The smallest absolute Gasteiger partial charge is 0.338 e. The number of likely N-dealkylation sites (tertiary alicyclic amines) is 1. The average molecular weight is 421 g/mol. The van der Waals surface area contributed by atoms with Gasteiger partial charge in [-0.3, -0.25) is 4.79 Å². The average Bonchev–Trinajstić information content (AvgIpc) is 2.66. The summed E-state index contributed by atoms with van der Waals surface area (Å²) in [6, 6.07) is 1.63. The zero-order chi connectivity index (χ0) is 14.2. The minimum Gasteiger partial charge on any atom is -0.338 e. The molecular weight excluding hydrogens is 411 g/mol. The normalized spacial score (nSPS) is 20.7. The first-order valence-corrected chi connectivity index (χ1v) is 8.00. The lowest BCUT2D eigenvalue weighted by Crippen LogP contribution is -2.44. The van der Waals surface area contributed by atoms with Crippen LogP contribution < -0.4 is 0 Å². The maximum Gasteiger partial charge on any atom is 0.393 e. The molecule has 8 heteroatoms. The molecule has 2 rings (SSSR count). The first-order chi connectivity index (χ1) is 8.79. The van der Waals surface area contributed by atoms with Gasteiger partial charge in [-0.1, -0.05) is 0 Å². The lowest BCUT2D eigenvalue weighted by molar-refractivity contribution is -0.184. The number of piperidine rings is 1. The van der Waals surface area contributed by atoms with Crippen molar-refractivity contribution in [1.29, 1.82) is 0 Å². The summed E-state index contributed by atoms with van der Waals surface area (Å²) < 4.78 is 39.5. The SMILES string of the molecule is O=C(c1cc(Br)sc1Br)N1CCCC(C(F)(F)F)C1. The van der Waals surface area contributed by atoms with Crippen molar-refractivity contribution in [1.82, 2.24) is 4.90 Å². The number of carbonyl (C=O) groups excluding carboxylic acids is 1. The van der Waals surface area contributed by atoms with E-state index in [0.717, 1.165) is 3.79 Å². The van der Waals surface area contributed by atoms with E-state index < -0.39 is 12.1 Å². The third-order valence-corrected chi connectivity index (χ3v) is 5.40. The number of rotatable bonds is 1. The standard InChI is InChI=1S/C11H10Br2F3NOS/c12-8-4-7(9(13)19-8)10(18)17-3-1-2-6(5-17)11(14,15)16/h4,6H,1-3,5H2. The highest BCUT2D eigenvalue weighted by Crippen LogP contribution is 2.36. The number of carbonyl (C=O) groups is 1. The molecule has 1 unspecified atom stereocenters. The monoisotopic (exact) mass is 419 g/mol. The Morgan fingerprint density at radius 3 is 2.63 bits per heavy atom. The Morgan fingerprint density at radius 1 is 1.42 bits per heavy atom. The van der Waals surface area contributed by atoms with Crippen LogP contribution in [0.3, 0.4) is 0 Å². The number of hydrogen-bond acceptors (Lipinski definition) is 2. The predicted octanol–water partition coefficient (Wildman–Crippen LogP) is 4.69. The number of alkyl halides is 3. The molecule has 0 radical (unpaired) electrons. The molecule has 1 aromatic rings. The second kappa shape index (κ2) is 5.73. The van der Waals surface area contributed by atoms with E-state index in [9.17, 15) is 18.0 Å². The van der Waals surface area contributed by atoms with Crippen LogP contribution in [-0.2, 0) is 0 Å². The fourth-order valence-corrected chi connectivity index (χ4v) is 4.86. The van der Waals surface area contributed by atoms with Gasteiger partial charge in [-0.05, 0) is 50.8 Å². The maximum absolute atomic E-state index is 12.7. The molecule has 1 aliphatic rings. The second-order valence-corrected chi connectivity index (χ2v) is 8.12. The number of halogens is 5. The van der Waals surface area contributed by atoms with Crippen molar-refractivity contribution < 1.29 is 18.0 Å². The largest absolute Gasteiger partial charge is 0.393 e. The predicted molar refractivity (Wildman–Crippen MR) is 74.4 cm³/mol. The first-order valence-electron chi connectivity index (χ1n) is 5.60. The minimum atomic E-state index is -4.23. The molecule has 0 N–H and O–H groups in total. The molecule has 19 heavy (non-hydrogen) atoms. The van der Waals surface area contributed by atoms with Gasteiger partial charge in [0.25, 0.3) is 5.91 Å². The van der Waals surface area contributed by atoms with Gasteiger partial charge in [-0.2, -0.15) is 13.2 Å². The third kappa shape index (κ3) is 3.52. The van der Waals surface area contributed by atoms with Gasteiger partial charge >= 0.3 is 6.18 Å². The molecule has 106 valence electrons.